The quantitative estimate of drug-likeness (QED) is 0.384. The van der Waals surface area contributed by atoms with Gasteiger partial charge in [-0.3, -0.25) is 14.5 Å². The zero-order valence-corrected chi connectivity index (χ0v) is 20.7. The van der Waals surface area contributed by atoms with Crippen molar-refractivity contribution in [3.8, 4) is 0 Å². The first-order chi connectivity index (χ1) is 16.9. The number of carbonyl (C=O) groups excluding carboxylic acids is 2. The number of ketones is 1. The van der Waals surface area contributed by atoms with Crippen LogP contribution in [0.3, 0.4) is 0 Å². The maximum Gasteiger partial charge on any atom is 0.294 e. The Morgan fingerprint density at radius 3 is 2.17 bits per heavy atom. The van der Waals surface area contributed by atoms with Crippen molar-refractivity contribution in [2.45, 2.75) is 32.7 Å². The number of anilines is 2. The molecule has 0 saturated carbocycles. The van der Waals surface area contributed by atoms with Crippen LogP contribution in [0.4, 0.5) is 11.4 Å². The number of rotatable bonds is 9. The number of hydrogen-bond donors (Lipinski definition) is 1. The smallest absolute Gasteiger partial charge is 0.294 e. The summed E-state index contributed by atoms with van der Waals surface area (Å²) in [6, 6.07) is 23.7. The van der Waals surface area contributed by atoms with E-state index in [0.717, 1.165) is 29.9 Å². The molecule has 1 unspecified atom stereocenters. The average molecular weight is 489 g/mol. The Hall–Kier alpha value is -3.57. The Kier molecular flexibility index (Phi) is 7.57. The summed E-state index contributed by atoms with van der Waals surface area (Å²) in [5.74, 6) is -1.32. The molecule has 0 aliphatic carbocycles. The molecule has 35 heavy (non-hydrogen) atoms. The fourth-order valence-electron chi connectivity index (χ4n) is 4.57. The zero-order chi connectivity index (χ0) is 24.9. The summed E-state index contributed by atoms with van der Waals surface area (Å²) >= 11 is 6.07. The Balaban J connectivity index is 1.72. The summed E-state index contributed by atoms with van der Waals surface area (Å²) < 4.78 is 0. The Labute approximate surface area is 211 Å². The number of Topliss-reactive ketones (excluding diaryl/α,β-unsaturated/α-hetero) is 1. The molecule has 1 aliphatic rings. The van der Waals surface area contributed by atoms with E-state index >= 15 is 0 Å². The molecule has 0 radical (unpaired) electrons. The third kappa shape index (κ3) is 5.10. The molecule has 1 atom stereocenters. The van der Waals surface area contributed by atoms with E-state index in [1.165, 1.54) is 4.90 Å². The molecule has 3 aromatic carbocycles. The van der Waals surface area contributed by atoms with Gasteiger partial charge in [0.1, 0.15) is 0 Å². The van der Waals surface area contributed by atoms with Gasteiger partial charge in [0.05, 0.1) is 11.6 Å². The van der Waals surface area contributed by atoms with Crippen molar-refractivity contribution in [3.05, 3.63) is 106 Å². The number of nitrogens with zero attached hydrogens (tertiary/aromatic N) is 2. The molecule has 180 valence electrons. The fourth-order valence-corrected chi connectivity index (χ4v) is 4.69. The number of aliphatic hydroxyl groups is 1. The molecule has 0 spiro atoms. The lowest BCUT2D eigenvalue weighted by Gasteiger charge is -2.28. The van der Waals surface area contributed by atoms with Crippen LogP contribution in [0.1, 0.15) is 37.4 Å². The molecule has 6 heteroatoms. The molecular weight excluding hydrogens is 460 g/mol. The maximum atomic E-state index is 13.4. The third-order valence-electron chi connectivity index (χ3n) is 6.43. The molecule has 0 aromatic heterocycles. The molecule has 0 bridgehead atoms. The Bertz CT molecular complexity index is 1220. The van der Waals surface area contributed by atoms with Crippen LogP contribution in [0.25, 0.3) is 0 Å². The Morgan fingerprint density at radius 1 is 0.943 bits per heavy atom. The molecular formula is C29H29ClN2O3. The first-order valence-electron chi connectivity index (χ1n) is 11.9. The predicted octanol–water partition coefficient (Wildman–Crippen LogP) is 6.29. The van der Waals surface area contributed by atoms with Crippen molar-refractivity contribution < 1.29 is 14.7 Å². The van der Waals surface area contributed by atoms with Gasteiger partial charge >= 0.3 is 0 Å². The highest BCUT2D eigenvalue weighted by Gasteiger charge is 2.44. The number of amides is 1. The normalized spacial score (nSPS) is 15.6. The lowest BCUT2D eigenvalue weighted by molar-refractivity contribution is -0.118. The molecule has 1 aliphatic heterocycles. The van der Waals surface area contributed by atoms with Gasteiger partial charge in [-0.2, -0.15) is 0 Å². The topological polar surface area (TPSA) is 60.9 Å². The zero-order valence-electron chi connectivity index (χ0n) is 19.9. The van der Waals surface area contributed by atoms with Crippen LogP contribution in [0.5, 0.6) is 0 Å². The van der Waals surface area contributed by atoms with Crippen molar-refractivity contribution in [2.24, 2.45) is 0 Å². The van der Waals surface area contributed by atoms with E-state index < -0.39 is 17.7 Å². The van der Waals surface area contributed by atoms with Crippen molar-refractivity contribution in [1.82, 2.24) is 0 Å². The monoisotopic (exact) mass is 488 g/mol. The lowest BCUT2D eigenvalue weighted by atomic mass is 9.93. The van der Waals surface area contributed by atoms with Gasteiger partial charge in [-0.05, 0) is 67.8 Å². The second kappa shape index (κ2) is 10.8. The van der Waals surface area contributed by atoms with Crippen LogP contribution in [0.2, 0.25) is 5.02 Å². The standard InChI is InChI=1S/C29H29ClN2O3/c1-3-31(4-2)23-15-11-21(12-16-23)27-26(25(33)19-10-20-8-6-5-7-9-20)28(34)29(35)32(27)24-17-13-22(30)14-18-24/h5-9,11-18,27,34H,3-4,10,19H2,1-2H3. The highest BCUT2D eigenvalue weighted by molar-refractivity contribution is 6.30. The van der Waals surface area contributed by atoms with E-state index in [9.17, 15) is 14.7 Å². The van der Waals surface area contributed by atoms with Gasteiger partial charge in [0.15, 0.2) is 11.5 Å². The molecule has 5 nitrogen and oxygen atoms in total. The minimum Gasteiger partial charge on any atom is -0.503 e. The van der Waals surface area contributed by atoms with E-state index in [4.69, 9.17) is 11.6 Å². The molecule has 3 aromatic rings. The number of halogens is 1. The SMILES string of the molecule is CCN(CC)c1ccc(C2C(C(=O)CCc3ccccc3)=C(O)C(=O)N2c2ccc(Cl)cc2)cc1. The average Bonchev–Trinajstić information content (AvgIpc) is 3.15. The number of carbonyl (C=O) groups is 2. The molecule has 0 fully saturated rings. The summed E-state index contributed by atoms with van der Waals surface area (Å²) in [6.45, 7) is 5.94. The van der Waals surface area contributed by atoms with Crippen LogP contribution in [-0.2, 0) is 16.0 Å². The Morgan fingerprint density at radius 2 is 1.57 bits per heavy atom. The van der Waals surface area contributed by atoms with Crippen LogP contribution in [0, 0.1) is 0 Å². The lowest BCUT2D eigenvalue weighted by Crippen LogP contribution is -2.31. The maximum absolute atomic E-state index is 13.4. The number of aliphatic hydroxyl groups excluding tert-OH is 1. The van der Waals surface area contributed by atoms with Gasteiger partial charge in [-0.15, -0.1) is 0 Å². The van der Waals surface area contributed by atoms with Crippen LogP contribution in [0.15, 0.2) is 90.2 Å². The first kappa shape index (κ1) is 24.6. The molecule has 0 saturated heterocycles. The van der Waals surface area contributed by atoms with Gasteiger partial charge in [0.2, 0.25) is 0 Å². The molecule has 1 amide bonds. The molecule has 1 N–H and O–H groups in total. The van der Waals surface area contributed by atoms with Crippen LogP contribution < -0.4 is 9.80 Å². The van der Waals surface area contributed by atoms with E-state index in [1.807, 2.05) is 54.6 Å². The fraction of sp³-hybridized carbons (Fsp3) is 0.241. The summed E-state index contributed by atoms with van der Waals surface area (Å²) in [6.07, 6.45) is 0.721. The minimum absolute atomic E-state index is 0.136. The third-order valence-corrected chi connectivity index (χ3v) is 6.69. The first-order valence-corrected chi connectivity index (χ1v) is 12.3. The van der Waals surface area contributed by atoms with E-state index in [-0.39, 0.29) is 17.8 Å². The van der Waals surface area contributed by atoms with Gasteiger partial charge in [-0.1, -0.05) is 54.1 Å². The van der Waals surface area contributed by atoms with Gasteiger partial charge in [0, 0.05) is 35.9 Å². The van der Waals surface area contributed by atoms with Crippen LogP contribution >= 0.6 is 11.6 Å². The van der Waals surface area contributed by atoms with Crippen LogP contribution in [-0.4, -0.2) is 29.9 Å². The highest BCUT2D eigenvalue weighted by atomic mass is 35.5. The van der Waals surface area contributed by atoms with Gasteiger partial charge in [-0.25, -0.2) is 0 Å². The number of benzene rings is 3. The minimum atomic E-state index is -0.724. The summed E-state index contributed by atoms with van der Waals surface area (Å²) in [5, 5.41) is 11.4. The van der Waals surface area contributed by atoms with Crippen molar-refractivity contribution in [2.75, 3.05) is 22.9 Å². The number of aryl methyl sites for hydroxylation is 1. The van der Waals surface area contributed by atoms with Gasteiger partial charge < -0.3 is 10.0 Å². The highest BCUT2D eigenvalue weighted by Crippen LogP contribution is 2.42. The van der Waals surface area contributed by atoms with E-state index in [0.29, 0.717) is 17.1 Å². The second-order valence-electron chi connectivity index (χ2n) is 8.49. The summed E-state index contributed by atoms with van der Waals surface area (Å²) in [7, 11) is 0. The summed E-state index contributed by atoms with van der Waals surface area (Å²) in [4.78, 5) is 30.4. The molecule has 1 heterocycles. The van der Waals surface area contributed by atoms with E-state index in [1.54, 1.807) is 24.3 Å². The van der Waals surface area contributed by atoms with Crippen molar-refractivity contribution >= 4 is 34.7 Å². The van der Waals surface area contributed by atoms with Gasteiger partial charge in [0.25, 0.3) is 5.91 Å². The second-order valence-corrected chi connectivity index (χ2v) is 8.93. The van der Waals surface area contributed by atoms with E-state index in [2.05, 4.69) is 18.7 Å². The molecule has 4 rings (SSSR count). The summed E-state index contributed by atoms with van der Waals surface area (Å²) in [5.41, 5.74) is 3.55. The van der Waals surface area contributed by atoms with Crippen molar-refractivity contribution in [3.63, 3.8) is 0 Å². The van der Waals surface area contributed by atoms with Crippen molar-refractivity contribution in [1.29, 1.82) is 0 Å². The largest absolute Gasteiger partial charge is 0.503 e. The number of hydrogen-bond acceptors (Lipinski definition) is 4. The predicted molar refractivity (Wildman–Crippen MR) is 141 cm³/mol.